The maximum absolute atomic E-state index is 12.6. The van der Waals surface area contributed by atoms with E-state index >= 15 is 0 Å². The highest BCUT2D eigenvalue weighted by molar-refractivity contribution is 14.0. The summed E-state index contributed by atoms with van der Waals surface area (Å²) in [7, 11) is -3.76. The maximum Gasteiger partial charge on any atom is 0.511 e. The zero-order valence-corrected chi connectivity index (χ0v) is 19.3. The van der Waals surface area contributed by atoms with Gasteiger partial charge in [-0.05, 0) is 25.0 Å². The molecule has 0 atom stereocenters. The number of carbonyl (C=O) groups excluding carboxylic acids is 1. The molecule has 1 amide bonds. The fraction of sp³-hybridized carbons (Fsp3) is 0.562. The molecule has 0 bridgehead atoms. The molecule has 1 saturated heterocycles. The van der Waals surface area contributed by atoms with Crippen LogP contribution in [0, 0.1) is 0 Å². The van der Waals surface area contributed by atoms with Gasteiger partial charge in [0, 0.05) is 51.7 Å². The molecule has 0 radical (unpaired) electrons. The molecular formula is C16H24F3IN6O3S. The molecule has 1 aliphatic rings. The lowest BCUT2D eigenvalue weighted by Crippen LogP contribution is -2.52. The number of halogens is 4. The van der Waals surface area contributed by atoms with Gasteiger partial charge in [-0.1, -0.05) is 0 Å². The van der Waals surface area contributed by atoms with E-state index in [1.807, 2.05) is 0 Å². The van der Waals surface area contributed by atoms with Crippen molar-refractivity contribution in [2.45, 2.75) is 24.4 Å². The second-order valence-corrected chi connectivity index (χ2v) is 8.19. The Bertz CT molecular complexity index is 815. The summed E-state index contributed by atoms with van der Waals surface area (Å²) < 4.78 is 61.1. The Hall–Kier alpha value is -1.68. The Balaban J connectivity index is 0.00000450. The zero-order valence-electron chi connectivity index (χ0n) is 16.1. The minimum atomic E-state index is -5.29. The number of nitrogens with one attached hydrogen (secondary N) is 3. The Morgan fingerprint density at radius 3 is 2.43 bits per heavy atom. The molecule has 0 aromatic carbocycles. The van der Waals surface area contributed by atoms with Gasteiger partial charge in [0.05, 0.1) is 5.56 Å². The third-order valence-electron chi connectivity index (χ3n) is 4.28. The molecule has 0 unspecified atom stereocenters. The van der Waals surface area contributed by atoms with E-state index < -0.39 is 15.5 Å². The van der Waals surface area contributed by atoms with Gasteiger partial charge in [0.2, 0.25) is 0 Å². The number of aromatic nitrogens is 1. The van der Waals surface area contributed by atoms with Crippen molar-refractivity contribution in [2.75, 3.05) is 33.2 Å². The van der Waals surface area contributed by atoms with Crippen molar-refractivity contribution in [2.24, 2.45) is 4.99 Å². The summed E-state index contributed by atoms with van der Waals surface area (Å²) in [5.41, 5.74) is -4.85. The second-order valence-electron chi connectivity index (χ2n) is 6.27. The van der Waals surface area contributed by atoms with Gasteiger partial charge in [-0.25, -0.2) is 8.42 Å². The molecular weight excluding hydrogens is 540 g/mol. The summed E-state index contributed by atoms with van der Waals surface area (Å²) in [6.07, 6.45) is 3.45. The summed E-state index contributed by atoms with van der Waals surface area (Å²) in [6.45, 7) is 0.235. The third kappa shape index (κ3) is 7.23. The van der Waals surface area contributed by atoms with E-state index in [-0.39, 0.29) is 61.9 Å². The van der Waals surface area contributed by atoms with Crippen LogP contribution in [-0.2, 0) is 10.0 Å². The van der Waals surface area contributed by atoms with Gasteiger partial charge in [0.1, 0.15) is 0 Å². The van der Waals surface area contributed by atoms with Crippen LogP contribution in [0.4, 0.5) is 13.2 Å². The largest absolute Gasteiger partial charge is 0.511 e. The van der Waals surface area contributed by atoms with Gasteiger partial charge in [0.25, 0.3) is 5.91 Å². The monoisotopic (exact) mass is 564 g/mol. The van der Waals surface area contributed by atoms with E-state index in [0.29, 0.717) is 28.9 Å². The lowest BCUT2D eigenvalue weighted by Gasteiger charge is -2.32. The van der Waals surface area contributed by atoms with E-state index in [2.05, 4.69) is 25.9 Å². The first-order valence-electron chi connectivity index (χ1n) is 8.87. The molecule has 1 aromatic heterocycles. The summed E-state index contributed by atoms with van der Waals surface area (Å²) >= 11 is 0. The Morgan fingerprint density at radius 1 is 1.27 bits per heavy atom. The number of hydrogen-bond donors (Lipinski definition) is 3. The molecule has 0 aliphatic carbocycles. The first-order valence-corrected chi connectivity index (χ1v) is 10.3. The maximum atomic E-state index is 12.6. The first kappa shape index (κ1) is 26.4. The lowest BCUT2D eigenvalue weighted by molar-refractivity contribution is -0.0494. The number of amides is 1. The predicted octanol–water partition coefficient (Wildman–Crippen LogP) is 0.908. The molecule has 1 fully saturated rings. The molecule has 170 valence electrons. The van der Waals surface area contributed by atoms with Crippen molar-refractivity contribution in [3.05, 3.63) is 30.1 Å². The van der Waals surface area contributed by atoms with Gasteiger partial charge in [-0.3, -0.25) is 14.8 Å². The van der Waals surface area contributed by atoms with Crippen molar-refractivity contribution >= 4 is 45.9 Å². The number of aliphatic imine (C=N–C) groups is 1. The number of sulfonamides is 1. The standard InChI is InChI=1S/C16H23F3N6O3S.HI/c1-20-15(23-8-7-22-14(26)12-3-2-6-21-11-12)24-13-4-9-25(10-5-13)29(27,28)16(17,18)19;/h2-3,6,11,13H,4-5,7-10H2,1H3,(H,22,26)(H2,20,23,24);1H. The van der Waals surface area contributed by atoms with E-state index in [0.717, 1.165) is 0 Å². The number of hydrogen-bond acceptors (Lipinski definition) is 5. The topological polar surface area (TPSA) is 116 Å². The second kappa shape index (κ2) is 11.6. The number of carbonyl (C=O) groups is 1. The Labute approximate surface area is 190 Å². The van der Waals surface area contributed by atoms with Gasteiger partial charge in [-0.2, -0.15) is 17.5 Å². The molecule has 30 heavy (non-hydrogen) atoms. The summed E-state index contributed by atoms with van der Waals surface area (Å²) in [5.74, 6) is 0.152. The highest BCUT2D eigenvalue weighted by atomic mass is 127. The third-order valence-corrected chi connectivity index (χ3v) is 5.91. The molecule has 2 heterocycles. The lowest BCUT2D eigenvalue weighted by atomic mass is 10.1. The van der Waals surface area contributed by atoms with E-state index in [1.54, 1.807) is 18.3 Å². The van der Waals surface area contributed by atoms with Gasteiger partial charge in [-0.15, -0.1) is 24.0 Å². The minimum absolute atomic E-state index is 0. The van der Waals surface area contributed by atoms with Crippen molar-refractivity contribution < 1.29 is 26.4 Å². The predicted molar refractivity (Wildman–Crippen MR) is 116 cm³/mol. The SMILES string of the molecule is CN=C(NCCNC(=O)c1cccnc1)NC1CCN(S(=O)(=O)C(F)(F)F)CC1.I. The van der Waals surface area contributed by atoms with Crippen LogP contribution in [0.1, 0.15) is 23.2 Å². The van der Waals surface area contributed by atoms with Crippen LogP contribution in [0.2, 0.25) is 0 Å². The van der Waals surface area contributed by atoms with E-state index in [4.69, 9.17) is 0 Å². The molecule has 2 rings (SSSR count). The summed E-state index contributed by atoms with van der Waals surface area (Å²) in [4.78, 5) is 19.8. The first-order chi connectivity index (χ1) is 13.6. The van der Waals surface area contributed by atoms with Crippen molar-refractivity contribution in [1.29, 1.82) is 0 Å². The molecule has 1 aromatic rings. The van der Waals surface area contributed by atoms with Gasteiger partial charge in [0.15, 0.2) is 5.96 Å². The number of guanidine groups is 1. The van der Waals surface area contributed by atoms with Gasteiger partial charge >= 0.3 is 15.5 Å². The molecule has 0 spiro atoms. The number of piperidine rings is 1. The fourth-order valence-electron chi connectivity index (χ4n) is 2.73. The molecule has 1 aliphatic heterocycles. The minimum Gasteiger partial charge on any atom is -0.355 e. The molecule has 14 heteroatoms. The highest BCUT2D eigenvalue weighted by Gasteiger charge is 2.50. The van der Waals surface area contributed by atoms with Crippen molar-refractivity contribution in [3.63, 3.8) is 0 Å². The number of alkyl halides is 3. The van der Waals surface area contributed by atoms with E-state index in [1.165, 1.54) is 13.2 Å². The van der Waals surface area contributed by atoms with Crippen LogP contribution in [0.3, 0.4) is 0 Å². The fourth-order valence-corrected chi connectivity index (χ4v) is 3.72. The van der Waals surface area contributed by atoms with Crippen LogP contribution in [0.5, 0.6) is 0 Å². The number of nitrogens with zero attached hydrogens (tertiary/aromatic N) is 3. The van der Waals surface area contributed by atoms with Gasteiger partial charge < -0.3 is 16.0 Å². The average Bonchev–Trinajstić information content (AvgIpc) is 2.70. The molecule has 0 saturated carbocycles. The van der Waals surface area contributed by atoms with Crippen molar-refractivity contribution in [1.82, 2.24) is 25.2 Å². The smallest absolute Gasteiger partial charge is 0.355 e. The normalized spacial score (nSPS) is 16.5. The van der Waals surface area contributed by atoms with Crippen LogP contribution in [0.15, 0.2) is 29.5 Å². The Kier molecular flexibility index (Phi) is 10.2. The van der Waals surface area contributed by atoms with E-state index in [9.17, 15) is 26.4 Å². The average molecular weight is 564 g/mol. The summed E-state index contributed by atoms with van der Waals surface area (Å²) in [5, 5.41) is 8.75. The highest BCUT2D eigenvalue weighted by Crippen LogP contribution is 2.28. The molecule has 3 N–H and O–H groups in total. The number of pyridine rings is 1. The quantitative estimate of drug-likeness (QED) is 0.205. The zero-order chi connectivity index (χ0) is 21.5. The summed E-state index contributed by atoms with van der Waals surface area (Å²) in [6, 6.07) is 3.08. The number of rotatable bonds is 6. The Morgan fingerprint density at radius 2 is 1.90 bits per heavy atom. The van der Waals surface area contributed by atoms with Crippen LogP contribution >= 0.6 is 24.0 Å². The van der Waals surface area contributed by atoms with Crippen LogP contribution in [-0.4, -0.2) is 74.4 Å². The van der Waals surface area contributed by atoms with Crippen LogP contribution < -0.4 is 16.0 Å². The molecule has 9 nitrogen and oxygen atoms in total. The van der Waals surface area contributed by atoms with Crippen LogP contribution in [0.25, 0.3) is 0 Å². The van der Waals surface area contributed by atoms with Crippen molar-refractivity contribution in [3.8, 4) is 0 Å².